The van der Waals surface area contributed by atoms with E-state index < -0.39 is 5.82 Å². The molecule has 0 aliphatic carbocycles. The maximum atomic E-state index is 14.3. The van der Waals surface area contributed by atoms with E-state index in [1.54, 1.807) is 25.4 Å². The lowest BCUT2D eigenvalue weighted by molar-refractivity contribution is 0.610. The van der Waals surface area contributed by atoms with Gasteiger partial charge in [0, 0.05) is 41.9 Å². The van der Waals surface area contributed by atoms with Gasteiger partial charge in [-0.3, -0.25) is 20.0 Å². The first-order valence-electron chi connectivity index (χ1n) is 12.7. The van der Waals surface area contributed by atoms with Gasteiger partial charge in [0.25, 0.3) is 0 Å². The molecule has 4 heterocycles. The molecule has 0 saturated carbocycles. The van der Waals surface area contributed by atoms with Gasteiger partial charge in [-0.2, -0.15) is 5.26 Å². The summed E-state index contributed by atoms with van der Waals surface area (Å²) in [4.78, 5) is 12.8. The van der Waals surface area contributed by atoms with Crippen molar-refractivity contribution in [2.75, 3.05) is 15.6 Å². The molecule has 41 heavy (non-hydrogen) atoms. The average molecular weight is 564 g/mol. The highest BCUT2D eigenvalue weighted by Crippen LogP contribution is 2.37. The minimum absolute atomic E-state index is 0.276. The smallest absolute Gasteiger partial charge is 0.146 e. The van der Waals surface area contributed by atoms with Gasteiger partial charge in [-0.1, -0.05) is 35.9 Å². The summed E-state index contributed by atoms with van der Waals surface area (Å²) in [5, 5.41) is 19.4. The maximum absolute atomic E-state index is 14.3. The van der Waals surface area contributed by atoms with E-state index in [-0.39, 0.29) is 17.3 Å². The molecular weight excluding hydrogens is 541 g/mol. The highest BCUT2D eigenvalue weighted by molar-refractivity contribution is 6.36. The number of anilines is 4. The minimum atomic E-state index is -0.456. The number of para-hydroxylation sites is 1. The van der Waals surface area contributed by atoms with E-state index >= 15 is 0 Å². The van der Waals surface area contributed by atoms with E-state index in [0.717, 1.165) is 16.9 Å². The van der Waals surface area contributed by atoms with Crippen molar-refractivity contribution in [3.8, 4) is 6.07 Å². The number of hydrogen-bond acceptors (Lipinski definition) is 9. The van der Waals surface area contributed by atoms with Crippen molar-refractivity contribution >= 4 is 45.3 Å². The summed E-state index contributed by atoms with van der Waals surface area (Å²) in [6.07, 6.45) is 8.42. The molecule has 6 rings (SSSR count). The van der Waals surface area contributed by atoms with Gasteiger partial charge < -0.3 is 16.1 Å². The average Bonchev–Trinajstić information content (AvgIpc) is 3.49. The molecule has 0 amide bonds. The molecule has 0 unspecified atom stereocenters. The predicted octanol–water partition coefficient (Wildman–Crippen LogP) is 6.27. The number of halogens is 2. The van der Waals surface area contributed by atoms with Gasteiger partial charge in [-0.15, -0.1) is 5.53 Å². The van der Waals surface area contributed by atoms with Crippen LogP contribution in [0.4, 0.5) is 27.1 Å². The third-order valence-electron chi connectivity index (χ3n) is 6.60. The summed E-state index contributed by atoms with van der Waals surface area (Å²) >= 11 is 6.72. The van der Waals surface area contributed by atoms with Gasteiger partial charge in [0.15, 0.2) is 0 Å². The van der Waals surface area contributed by atoms with Gasteiger partial charge in [0.05, 0.1) is 56.8 Å². The Morgan fingerprint density at radius 3 is 2.63 bits per heavy atom. The number of aryl methyl sites for hydroxylation is 1. The van der Waals surface area contributed by atoms with Crippen LogP contribution in [0.15, 0.2) is 97.3 Å². The molecule has 202 valence electrons. The van der Waals surface area contributed by atoms with Crippen LogP contribution in [0.5, 0.6) is 0 Å². The largest absolute Gasteiger partial charge is 0.373 e. The Hall–Kier alpha value is -5.24. The molecule has 0 fully saturated rings. The summed E-state index contributed by atoms with van der Waals surface area (Å²) in [5.74, 6) is -0.456. The monoisotopic (exact) mass is 563 g/mol. The molecule has 1 aliphatic heterocycles. The lowest BCUT2D eigenvalue weighted by Crippen LogP contribution is -2.37. The van der Waals surface area contributed by atoms with E-state index in [4.69, 9.17) is 11.6 Å². The summed E-state index contributed by atoms with van der Waals surface area (Å²) in [5.41, 5.74) is 11.7. The molecule has 0 bridgehead atoms. The first-order chi connectivity index (χ1) is 20.0. The van der Waals surface area contributed by atoms with Crippen LogP contribution < -0.4 is 26.6 Å². The quantitative estimate of drug-likeness (QED) is 0.182. The molecule has 0 saturated heterocycles. The number of nitrogens with zero attached hydrogens (tertiary/aromatic N) is 5. The molecular formula is C30H23ClFN9. The summed E-state index contributed by atoms with van der Waals surface area (Å²) in [6.45, 7) is 1.58. The standard InChI is InChI=1S/C30H23ClFN9/c1-18-26(32)12-22(16-35-18)38-28-20(13-33)15-36-30-24(28)10-21(11-25(30)31)37-29(19-6-5-9-34-14-19)27-17-41(40-39-27)23-7-3-2-4-8-23/h2-12,14-17,29,37,39-40H,1H3,(H,36,38)/t29-/m0/s1. The molecule has 1 atom stereocenters. The fourth-order valence-corrected chi connectivity index (χ4v) is 4.81. The third kappa shape index (κ3) is 5.32. The normalized spacial score (nSPS) is 13.3. The first kappa shape index (κ1) is 26.0. The second-order valence-corrected chi connectivity index (χ2v) is 9.73. The summed E-state index contributed by atoms with van der Waals surface area (Å²) in [6, 6.07) is 20.5. The van der Waals surface area contributed by atoms with E-state index in [1.807, 2.05) is 59.7 Å². The number of rotatable bonds is 7. The fourth-order valence-electron chi connectivity index (χ4n) is 4.54. The number of nitrogens with one attached hydrogen (secondary N) is 4. The third-order valence-corrected chi connectivity index (χ3v) is 6.89. The number of hydrazine groups is 2. The fraction of sp³-hybridized carbons (Fsp3) is 0.0667. The Bertz CT molecular complexity index is 1810. The van der Waals surface area contributed by atoms with Crippen molar-refractivity contribution in [3.05, 3.63) is 125 Å². The second-order valence-electron chi connectivity index (χ2n) is 9.32. The minimum Gasteiger partial charge on any atom is -0.373 e. The Morgan fingerprint density at radius 1 is 1.02 bits per heavy atom. The molecule has 4 N–H and O–H groups in total. The van der Waals surface area contributed by atoms with Crippen LogP contribution in [-0.4, -0.2) is 15.0 Å². The summed E-state index contributed by atoms with van der Waals surface area (Å²) < 4.78 is 14.3. The molecule has 5 aromatic rings. The molecule has 2 aromatic carbocycles. The van der Waals surface area contributed by atoms with Gasteiger partial charge in [0.2, 0.25) is 0 Å². The predicted molar refractivity (Wildman–Crippen MR) is 158 cm³/mol. The van der Waals surface area contributed by atoms with Crippen molar-refractivity contribution in [3.63, 3.8) is 0 Å². The van der Waals surface area contributed by atoms with Crippen LogP contribution in [-0.2, 0) is 0 Å². The van der Waals surface area contributed by atoms with E-state index in [1.165, 1.54) is 18.5 Å². The highest BCUT2D eigenvalue weighted by Gasteiger charge is 2.24. The molecule has 0 radical (unpaired) electrons. The molecule has 11 heteroatoms. The zero-order valence-corrected chi connectivity index (χ0v) is 22.5. The van der Waals surface area contributed by atoms with Crippen molar-refractivity contribution < 1.29 is 4.39 Å². The van der Waals surface area contributed by atoms with Crippen molar-refractivity contribution in [2.24, 2.45) is 0 Å². The zero-order chi connectivity index (χ0) is 28.3. The molecule has 3 aromatic heterocycles. The van der Waals surface area contributed by atoms with Crippen LogP contribution in [0, 0.1) is 24.1 Å². The Balaban J connectivity index is 1.41. The van der Waals surface area contributed by atoms with Crippen LogP contribution in [0.25, 0.3) is 10.9 Å². The number of benzene rings is 2. The first-order valence-corrected chi connectivity index (χ1v) is 13.0. The van der Waals surface area contributed by atoms with Gasteiger partial charge in [-0.05, 0) is 42.8 Å². The SMILES string of the molecule is Cc1ncc(Nc2c(C#N)cnc3c(Cl)cc(N[C@H](C4=CN(c5ccccc5)NN4)c4cccnc4)cc23)cc1F. The molecule has 0 spiro atoms. The topological polar surface area (TPSA) is 114 Å². The number of aromatic nitrogens is 3. The van der Waals surface area contributed by atoms with Gasteiger partial charge >= 0.3 is 0 Å². The maximum Gasteiger partial charge on any atom is 0.146 e. The lowest BCUT2D eigenvalue weighted by Gasteiger charge is -2.22. The van der Waals surface area contributed by atoms with Crippen molar-refractivity contribution in [1.29, 1.82) is 5.26 Å². The number of fused-ring (bicyclic) bond motifs is 1. The number of pyridine rings is 3. The Kier molecular flexibility index (Phi) is 7.04. The van der Waals surface area contributed by atoms with E-state index in [9.17, 15) is 9.65 Å². The van der Waals surface area contributed by atoms with Gasteiger partial charge in [-0.25, -0.2) is 4.39 Å². The molecule has 1 aliphatic rings. The number of nitriles is 1. The lowest BCUT2D eigenvalue weighted by atomic mass is 10.0. The number of hydrogen-bond donors (Lipinski definition) is 4. The van der Waals surface area contributed by atoms with Crippen molar-refractivity contribution in [1.82, 2.24) is 25.9 Å². The van der Waals surface area contributed by atoms with Crippen LogP contribution in [0.2, 0.25) is 5.02 Å². The van der Waals surface area contributed by atoms with Crippen LogP contribution >= 0.6 is 11.6 Å². The molecule has 9 nitrogen and oxygen atoms in total. The Morgan fingerprint density at radius 2 is 1.88 bits per heavy atom. The van der Waals surface area contributed by atoms with Gasteiger partial charge in [0.1, 0.15) is 11.9 Å². The van der Waals surface area contributed by atoms with E-state index in [0.29, 0.717) is 33.0 Å². The summed E-state index contributed by atoms with van der Waals surface area (Å²) in [7, 11) is 0. The van der Waals surface area contributed by atoms with Crippen molar-refractivity contribution in [2.45, 2.75) is 13.0 Å². The van der Waals surface area contributed by atoms with Crippen LogP contribution in [0.3, 0.4) is 0 Å². The highest BCUT2D eigenvalue weighted by atomic mass is 35.5. The van der Waals surface area contributed by atoms with Crippen LogP contribution in [0.1, 0.15) is 22.9 Å². The second kappa shape index (κ2) is 11.1. The zero-order valence-electron chi connectivity index (χ0n) is 21.7. The Labute approximate surface area is 240 Å². The van der Waals surface area contributed by atoms with E-state index in [2.05, 4.69) is 42.6 Å².